The van der Waals surface area contributed by atoms with E-state index in [4.69, 9.17) is 28.0 Å². The fourth-order valence-corrected chi connectivity index (χ4v) is 2.99. The Morgan fingerprint density at radius 2 is 1.81 bits per heavy atom. The minimum atomic E-state index is 0.222. The summed E-state index contributed by atoms with van der Waals surface area (Å²) in [5, 5.41) is 5.39. The third kappa shape index (κ3) is 5.72. The van der Waals surface area contributed by atoms with Crippen LogP contribution in [0, 0.1) is 13.8 Å². The Hall–Kier alpha value is -2.04. The molecule has 0 radical (unpaired) electrons. The van der Waals surface area contributed by atoms with Crippen LogP contribution >= 0.6 is 23.2 Å². The van der Waals surface area contributed by atoms with Crippen LogP contribution in [0.4, 0.5) is 5.69 Å². The second-order valence-electron chi connectivity index (χ2n) is 6.42. The van der Waals surface area contributed by atoms with Gasteiger partial charge in [-0.05, 0) is 63.1 Å². The predicted octanol–water partition coefficient (Wildman–Crippen LogP) is 6.16. The average Bonchev–Trinajstić information content (AvgIpc) is 2.63. The monoisotopic (exact) mass is 405 g/mol. The normalized spacial score (nSPS) is 11.9. The van der Waals surface area contributed by atoms with Crippen LogP contribution in [0.1, 0.15) is 36.1 Å². The van der Waals surface area contributed by atoms with Crippen molar-refractivity contribution in [3.8, 4) is 0 Å². The molecular formula is C21H25Cl2N3O. The third-order valence-electron chi connectivity index (χ3n) is 4.30. The first-order valence-electron chi connectivity index (χ1n) is 8.79. The zero-order valence-corrected chi connectivity index (χ0v) is 17.9. The van der Waals surface area contributed by atoms with E-state index in [0.717, 1.165) is 40.2 Å². The average molecular weight is 406 g/mol. The Kier molecular flexibility index (Phi) is 7.69. The molecule has 0 saturated heterocycles. The highest BCUT2D eigenvalue weighted by atomic mass is 35.5. The molecule has 2 aromatic carbocycles. The van der Waals surface area contributed by atoms with E-state index in [9.17, 15) is 0 Å². The van der Waals surface area contributed by atoms with Crippen molar-refractivity contribution < 1.29 is 4.84 Å². The van der Waals surface area contributed by atoms with E-state index in [1.807, 2.05) is 39.1 Å². The molecule has 0 heterocycles. The van der Waals surface area contributed by atoms with Gasteiger partial charge in [-0.25, -0.2) is 4.99 Å². The standard InChI is InChI=1S/C21H25Cl2N3O/c1-6-26(5)13-24-21-11-14(2)17(10-15(21)3)16(4)25-27-12-18-19(22)8-7-9-20(18)23/h7-11,13H,6,12H2,1-5H3/b24-13-,25-16+. The van der Waals surface area contributed by atoms with Gasteiger partial charge in [0.2, 0.25) is 0 Å². The Morgan fingerprint density at radius 3 is 2.44 bits per heavy atom. The van der Waals surface area contributed by atoms with E-state index in [-0.39, 0.29) is 6.61 Å². The van der Waals surface area contributed by atoms with Gasteiger partial charge >= 0.3 is 0 Å². The first-order chi connectivity index (χ1) is 12.8. The van der Waals surface area contributed by atoms with Gasteiger partial charge in [0.05, 0.1) is 17.7 Å². The van der Waals surface area contributed by atoms with Crippen LogP contribution in [0.25, 0.3) is 0 Å². The molecular weight excluding hydrogens is 381 g/mol. The van der Waals surface area contributed by atoms with E-state index < -0.39 is 0 Å². The van der Waals surface area contributed by atoms with Gasteiger partial charge in [0.1, 0.15) is 6.61 Å². The summed E-state index contributed by atoms with van der Waals surface area (Å²) in [6.07, 6.45) is 1.85. The maximum Gasteiger partial charge on any atom is 0.145 e. The summed E-state index contributed by atoms with van der Waals surface area (Å²) in [6, 6.07) is 9.52. The first kappa shape index (κ1) is 21.3. The molecule has 0 aliphatic carbocycles. The van der Waals surface area contributed by atoms with Crippen molar-refractivity contribution in [1.29, 1.82) is 0 Å². The minimum Gasteiger partial charge on any atom is -0.391 e. The highest BCUT2D eigenvalue weighted by Crippen LogP contribution is 2.26. The van der Waals surface area contributed by atoms with Gasteiger partial charge in [-0.3, -0.25) is 0 Å². The van der Waals surface area contributed by atoms with Gasteiger partial charge < -0.3 is 9.74 Å². The third-order valence-corrected chi connectivity index (χ3v) is 5.01. The summed E-state index contributed by atoms with van der Waals surface area (Å²) in [5.74, 6) is 0. The Morgan fingerprint density at radius 1 is 1.15 bits per heavy atom. The molecule has 0 aliphatic heterocycles. The van der Waals surface area contributed by atoms with Crippen LogP contribution in [0.3, 0.4) is 0 Å². The van der Waals surface area contributed by atoms with Crippen molar-refractivity contribution in [3.63, 3.8) is 0 Å². The molecule has 27 heavy (non-hydrogen) atoms. The summed E-state index contributed by atoms with van der Waals surface area (Å²) in [5.41, 5.74) is 5.68. The Bertz CT molecular complexity index is 842. The fraction of sp³-hybridized carbons (Fsp3) is 0.333. The van der Waals surface area contributed by atoms with Crippen LogP contribution in [0.15, 0.2) is 40.5 Å². The van der Waals surface area contributed by atoms with E-state index in [0.29, 0.717) is 10.0 Å². The first-order valence-corrected chi connectivity index (χ1v) is 9.54. The van der Waals surface area contributed by atoms with Crippen molar-refractivity contribution in [2.75, 3.05) is 13.6 Å². The summed E-state index contributed by atoms with van der Waals surface area (Å²) in [6.45, 7) is 9.23. The van der Waals surface area contributed by atoms with Gasteiger partial charge in [-0.2, -0.15) is 0 Å². The number of benzene rings is 2. The lowest BCUT2D eigenvalue weighted by atomic mass is 10.0. The molecule has 0 bridgehead atoms. The van der Waals surface area contributed by atoms with E-state index >= 15 is 0 Å². The number of aliphatic imine (C=N–C) groups is 1. The molecule has 2 rings (SSSR count). The van der Waals surface area contributed by atoms with Gasteiger partial charge in [0, 0.05) is 34.8 Å². The molecule has 0 aromatic heterocycles. The summed E-state index contributed by atoms with van der Waals surface area (Å²) < 4.78 is 0. The van der Waals surface area contributed by atoms with Crippen LogP contribution in [0.2, 0.25) is 10.0 Å². The highest BCUT2D eigenvalue weighted by Gasteiger charge is 2.09. The second-order valence-corrected chi connectivity index (χ2v) is 7.24. The van der Waals surface area contributed by atoms with Crippen molar-refractivity contribution in [3.05, 3.63) is 62.6 Å². The largest absolute Gasteiger partial charge is 0.391 e. The fourth-order valence-electron chi connectivity index (χ4n) is 2.49. The van der Waals surface area contributed by atoms with Crippen molar-refractivity contribution >= 4 is 40.9 Å². The molecule has 144 valence electrons. The lowest BCUT2D eigenvalue weighted by molar-refractivity contribution is 0.130. The van der Waals surface area contributed by atoms with Gasteiger partial charge in [-0.15, -0.1) is 0 Å². The van der Waals surface area contributed by atoms with E-state index in [1.54, 1.807) is 18.2 Å². The zero-order chi connectivity index (χ0) is 20.0. The predicted molar refractivity (Wildman–Crippen MR) is 116 cm³/mol. The number of hydrogen-bond donors (Lipinski definition) is 0. The van der Waals surface area contributed by atoms with Crippen LogP contribution in [-0.2, 0) is 11.4 Å². The molecule has 6 heteroatoms. The molecule has 0 saturated carbocycles. The number of hydrogen-bond acceptors (Lipinski definition) is 3. The molecule has 0 aliphatic rings. The molecule has 4 nitrogen and oxygen atoms in total. The van der Waals surface area contributed by atoms with Crippen LogP contribution in [0.5, 0.6) is 0 Å². The summed E-state index contributed by atoms with van der Waals surface area (Å²) >= 11 is 12.3. The smallest absolute Gasteiger partial charge is 0.145 e. The number of rotatable bonds is 7. The quantitative estimate of drug-likeness (QED) is 0.314. The lowest BCUT2D eigenvalue weighted by Gasteiger charge is -2.12. The zero-order valence-electron chi connectivity index (χ0n) is 16.4. The topological polar surface area (TPSA) is 37.2 Å². The van der Waals surface area contributed by atoms with E-state index in [2.05, 4.69) is 29.2 Å². The summed E-state index contributed by atoms with van der Waals surface area (Å²) in [4.78, 5) is 12.1. The molecule has 0 unspecified atom stereocenters. The molecule has 2 aromatic rings. The molecule has 0 fully saturated rings. The second kappa shape index (κ2) is 9.77. The maximum atomic E-state index is 6.16. The van der Waals surface area contributed by atoms with Gasteiger partial charge in [0.25, 0.3) is 0 Å². The Labute approximate surface area is 171 Å². The number of nitrogens with zero attached hydrogens (tertiary/aromatic N) is 3. The summed E-state index contributed by atoms with van der Waals surface area (Å²) in [7, 11) is 2.00. The SMILES string of the molecule is CCN(C)/C=N\c1cc(C)c(/C(C)=N/OCc2c(Cl)cccc2Cl)cc1C. The Balaban J connectivity index is 2.16. The molecule has 0 amide bonds. The number of halogens is 2. The van der Waals surface area contributed by atoms with Crippen molar-refractivity contribution in [2.45, 2.75) is 34.3 Å². The maximum absolute atomic E-state index is 6.16. The molecule has 0 atom stereocenters. The minimum absolute atomic E-state index is 0.222. The number of aryl methyl sites for hydroxylation is 2. The molecule has 0 spiro atoms. The highest BCUT2D eigenvalue weighted by molar-refractivity contribution is 6.35. The van der Waals surface area contributed by atoms with Crippen LogP contribution < -0.4 is 0 Å². The van der Waals surface area contributed by atoms with Gasteiger partial charge in [-0.1, -0.05) is 34.4 Å². The lowest BCUT2D eigenvalue weighted by Crippen LogP contribution is -2.14. The van der Waals surface area contributed by atoms with Crippen molar-refractivity contribution in [2.24, 2.45) is 10.1 Å². The molecule has 0 N–H and O–H groups in total. The van der Waals surface area contributed by atoms with Gasteiger partial charge in [0.15, 0.2) is 0 Å². The van der Waals surface area contributed by atoms with Crippen LogP contribution in [-0.4, -0.2) is 30.5 Å². The van der Waals surface area contributed by atoms with Crippen molar-refractivity contribution in [1.82, 2.24) is 4.90 Å². The number of oxime groups is 1. The van der Waals surface area contributed by atoms with E-state index in [1.165, 1.54) is 0 Å².